The highest BCUT2D eigenvalue weighted by molar-refractivity contribution is 8.09. The van der Waals surface area contributed by atoms with Crippen LogP contribution in [0.3, 0.4) is 0 Å². The van der Waals surface area contributed by atoms with Crippen LogP contribution in [0.15, 0.2) is 53.6 Å². The number of thiophene rings is 5. The van der Waals surface area contributed by atoms with Gasteiger partial charge in [0.1, 0.15) is 18.2 Å². The van der Waals surface area contributed by atoms with Crippen molar-refractivity contribution in [3.63, 3.8) is 0 Å². The highest BCUT2D eigenvalue weighted by Crippen LogP contribution is 2.61. The number of hydrogen-bond acceptors (Lipinski definition) is 11. The molecule has 61 heavy (non-hydrogen) atoms. The van der Waals surface area contributed by atoms with E-state index in [4.69, 9.17) is 0 Å². The fourth-order valence-corrected chi connectivity index (χ4v) is 17.4. The molecule has 0 aromatic carbocycles. The Bertz CT molecular complexity index is 2630. The summed E-state index contributed by atoms with van der Waals surface area (Å²) < 4.78 is 45.8. The Morgan fingerprint density at radius 2 is 1.28 bits per heavy atom. The number of fused-ring (bicyclic) bond motifs is 1. The number of thioether (sulfide) groups is 2. The number of halogens is 3. The first-order valence-electron chi connectivity index (χ1n) is 19.1. The molecule has 7 heterocycles. The molecule has 9 rings (SSSR count). The number of hydrogen-bond donors (Lipinski definition) is 4. The Morgan fingerprint density at radius 1 is 0.705 bits per heavy atom. The van der Waals surface area contributed by atoms with Gasteiger partial charge in [-0.2, -0.15) is 0 Å². The van der Waals surface area contributed by atoms with Gasteiger partial charge in [-0.25, -0.2) is 13.2 Å². The molecule has 0 spiro atoms. The molecule has 0 radical (unpaired) electrons. The van der Waals surface area contributed by atoms with E-state index >= 15 is 4.39 Å². The zero-order chi connectivity index (χ0) is 43.6. The monoisotopic (exact) mass is 962 g/mol. The second-order valence-electron chi connectivity index (χ2n) is 15.4. The van der Waals surface area contributed by atoms with E-state index in [-0.39, 0.29) is 47.6 Å². The van der Waals surface area contributed by atoms with Crippen molar-refractivity contribution in [3.8, 4) is 39.0 Å². The quantitative estimate of drug-likeness (QED) is 0.0753. The first-order chi connectivity index (χ1) is 29.0. The fourth-order valence-electron chi connectivity index (χ4n) is 8.66. The van der Waals surface area contributed by atoms with E-state index in [0.717, 1.165) is 19.5 Å². The second kappa shape index (κ2) is 17.5. The van der Waals surface area contributed by atoms with Gasteiger partial charge in [-0.05, 0) is 89.3 Å². The number of rotatable bonds is 16. The van der Waals surface area contributed by atoms with E-state index in [0.29, 0.717) is 62.9 Å². The smallest absolute Gasteiger partial charge is 0.307 e. The Morgan fingerprint density at radius 3 is 1.87 bits per heavy atom. The van der Waals surface area contributed by atoms with Crippen LogP contribution in [0, 0.1) is 29.5 Å². The molecule has 2 aliphatic carbocycles. The van der Waals surface area contributed by atoms with Gasteiger partial charge < -0.3 is 20.4 Å². The molecule has 4 N–H and O–H groups in total. The van der Waals surface area contributed by atoms with Crippen molar-refractivity contribution >= 4 is 114 Å². The molecule has 4 aliphatic rings. The third kappa shape index (κ3) is 8.45. The Hall–Kier alpha value is -3.65. The van der Waals surface area contributed by atoms with Gasteiger partial charge in [0.25, 0.3) is 0 Å². The molecular formula is C43H37F3O8S7. The van der Waals surface area contributed by atoms with Gasteiger partial charge >= 0.3 is 23.9 Å². The zero-order valence-corrected chi connectivity index (χ0v) is 38.2. The van der Waals surface area contributed by atoms with Gasteiger partial charge in [-0.1, -0.05) is 13.8 Å². The molecule has 2 saturated carbocycles. The van der Waals surface area contributed by atoms with Crippen molar-refractivity contribution in [1.29, 1.82) is 0 Å². The van der Waals surface area contributed by atoms with Crippen LogP contribution in [0.25, 0.3) is 48.8 Å². The summed E-state index contributed by atoms with van der Waals surface area (Å²) in [5, 5.41) is 38.8. The molecular weight excluding hydrogens is 926 g/mol. The van der Waals surface area contributed by atoms with Crippen molar-refractivity contribution in [2.45, 2.75) is 63.5 Å². The van der Waals surface area contributed by atoms with Gasteiger partial charge in [0, 0.05) is 70.8 Å². The van der Waals surface area contributed by atoms with Crippen LogP contribution in [0.4, 0.5) is 13.2 Å². The zero-order valence-electron chi connectivity index (χ0n) is 32.5. The molecule has 7 unspecified atom stereocenters. The summed E-state index contributed by atoms with van der Waals surface area (Å²) >= 11 is 9.18. The van der Waals surface area contributed by atoms with Gasteiger partial charge in [-0.15, -0.1) is 80.2 Å². The first-order valence-corrected chi connectivity index (χ1v) is 25.3. The lowest BCUT2D eigenvalue weighted by molar-refractivity contribution is -0.137. The Kier molecular flexibility index (Phi) is 12.6. The maximum atomic E-state index is 16.0. The molecule has 5 aromatic heterocycles. The normalized spacial score (nSPS) is 23.7. The summed E-state index contributed by atoms with van der Waals surface area (Å²) in [6.45, 7) is 3.85. The molecule has 320 valence electrons. The minimum absolute atomic E-state index is 0.00219. The molecule has 18 heteroatoms. The van der Waals surface area contributed by atoms with Gasteiger partial charge in [-0.3, -0.25) is 19.2 Å². The molecule has 0 saturated heterocycles. The highest BCUT2D eigenvalue weighted by Gasteiger charge is 2.55. The molecule has 5 aromatic rings. The number of alkyl halides is 2. The summed E-state index contributed by atoms with van der Waals surface area (Å²) in [6, 6.07) is 12.2. The summed E-state index contributed by atoms with van der Waals surface area (Å²) in [4.78, 5) is 55.5. The number of carboxylic acids is 4. The van der Waals surface area contributed by atoms with Gasteiger partial charge in [0.15, 0.2) is 0 Å². The number of carboxylic acid groups (broad SMARTS) is 4. The molecule has 0 amide bonds. The second-order valence-corrected chi connectivity index (χ2v) is 22.7. The Balaban J connectivity index is 1.13. The van der Waals surface area contributed by atoms with Crippen LogP contribution in [0.1, 0.15) is 54.0 Å². The number of aliphatic carboxylic acids is 4. The summed E-state index contributed by atoms with van der Waals surface area (Å²) in [5.74, 6) is -5.65. The average molecular weight is 963 g/mol. The van der Waals surface area contributed by atoms with Crippen molar-refractivity contribution in [1.82, 2.24) is 0 Å². The first kappa shape index (κ1) is 44.0. The molecule has 2 bridgehead atoms. The van der Waals surface area contributed by atoms with Crippen LogP contribution in [0.5, 0.6) is 0 Å². The largest absolute Gasteiger partial charge is 0.481 e. The summed E-state index contributed by atoms with van der Waals surface area (Å²) in [5.41, 5.74) is 2.13. The van der Waals surface area contributed by atoms with Crippen molar-refractivity contribution in [2.24, 2.45) is 23.7 Å². The Labute approximate surface area is 376 Å². The molecule has 7 atom stereocenters. The predicted octanol–water partition coefficient (Wildman–Crippen LogP) is 12.5. The van der Waals surface area contributed by atoms with Crippen LogP contribution in [0.2, 0.25) is 0 Å². The van der Waals surface area contributed by atoms with E-state index < -0.39 is 53.9 Å². The minimum Gasteiger partial charge on any atom is -0.481 e. The summed E-state index contributed by atoms with van der Waals surface area (Å²) in [7, 11) is 0. The fraction of sp³-hybridized carbons (Fsp3) is 0.349. The lowest BCUT2D eigenvalue weighted by atomic mass is 9.67. The number of carbonyl (C=O) groups is 4. The minimum atomic E-state index is -1.13. The summed E-state index contributed by atoms with van der Waals surface area (Å²) in [6.07, 6.45) is -1.20. The van der Waals surface area contributed by atoms with Gasteiger partial charge in [0.2, 0.25) is 0 Å². The van der Waals surface area contributed by atoms with E-state index in [9.17, 15) is 48.4 Å². The predicted molar refractivity (Wildman–Crippen MR) is 243 cm³/mol. The maximum absolute atomic E-state index is 16.0. The maximum Gasteiger partial charge on any atom is 0.307 e. The average Bonchev–Trinajstić information content (AvgIpc) is 4.02. The highest BCUT2D eigenvalue weighted by atomic mass is 32.2. The lowest BCUT2D eigenvalue weighted by Crippen LogP contribution is -2.53. The van der Waals surface area contributed by atoms with Crippen LogP contribution < -0.4 is 0 Å². The molecule has 2 aliphatic heterocycles. The third-order valence-electron chi connectivity index (χ3n) is 11.4. The SMILES string of the molecule is CS/C(=C(/CC(=O)O)C1C(C)CC1F)c1ccc(-c2sc(-c3sc(-c4cc(CC(=O)O)c(-c5ccc(C6=C(CC(=O)O)C7C(C)C(S6)C7F)s5)s4)cc3F)cc2CC(=O)O)s1. The topological polar surface area (TPSA) is 149 Å². The van der Waals surface area contributed by atoms with Crippen molar-refractivity contribution in [3.05, 3.63) is 80.3 Å². The lowest BCUT2D eigenvalue weighted by Gasteiger charge is -2.51. The van der Waals surface area contributed by atoms with E-state index in [1.165, 1.54) is 86.3 Å². The van der Waals surface area contributed by atoms with Gasteiger partial charge in [0.05, 0.1) is 30.6 Å². The van der Waals surface area contributed by atoms with Crippen molar-refractivity contribution in [2.75, 3.05) is 6.26 Å². The molecule has 8 nitrogen and oxygen atoms in total. The standard InChI is InChI=1S/C43H37F3O8S7/c1-16-8-22(44)35(16)20(13-33(51)52)41(55-3)26-6-4-25(56-26)40-19(12-32(49)50)10-30(60-40)43-23(45)15-29(59-43)28-9-18(11-31(47)48)39(58-28)24-5-7-27(57-24)42-21(14-34(53)54)36-17(2)38(61-42)37(36)46/h4-7,9-10,15-17,22,35-38H,8,11-14H2,1-3H3,(H,47,48)(H,49,50)(H,51,52)(H,53,54)/b41-20-. The van der Waals surface area contributed by atoms with Crippen LogP contribution >= 0.6 is 80.2 Å². The van der Waals surface area contributed by atoms with Crippen LogP contribution in [-0.2, 0) is 32.0 Å². The van der Waals surface area contributed by atoms with Crippen molar-refractivity contribution < 1.29 is 52.8 Å². The van der Waals surface area contributed by atoms with E-state index in [1.54, 1.807) is 12.1 Å². The molecule has 2 fully saturated rings. The third-order valence-corrected chi connectivity index (χ3v) is 20.7. The van der Waals surface area contributed by atoms with E-state index in [2.05, 4.69) is 0 Å². The van der Waals surface area contributed by atoms with E-state index in [1.807, 2.05) is 44.4 Å². The van der Waals surface area contributed by atoms with Crippen LogP contribution in [-0.4, -0.2) is 68.2 Å².